The maximum Gasteiger partial charge on any atom is 0.254 e. The van der Waals surface area contributed by atoms with Crippen molar-refractivity contribution in [3.63, 3.8) is 0 Å². The summed E-state index contributed by atoms with van der Waals surface area (Å²) < 4.78 is 37.6. The van der Waals surface area contributed by atoms with E-state index >= 15 is 4.39 Å². The van der Waals surface area contributed by atoms with Gasteiger partial charge in [0.1, 0.15) is 5.82 Å². The first-order valence-electron chi connectivity index (χ1n) is 11.7. The molecule has 35 heavy (non-hydrogen) atoms. The Bertz CT molecular complexity index is 1140. The zero-order chi connectivity index (χ0) is 24.7. The van der Waals surface area contributed by atoms with Crippen molar-refractivity contribution in [2.75, 3.05) is 47.6 Å². The molecule has 3 aliphatic heterocycles. The Morgan fingerprint density at radius 1 is 1.03 bits per heavy atom. The molecule has 9 heteroatoms. The minimum atomic E-state index is -0.830. The molecule has 0 saturated carbocycles. The Labute approximate surface area is 203 Å². The van der Waals surface area contributed by atoms with E-state index in [1.165, 1.54) is 25.2 Å². The minimum Gasteiger partial charge on any atom is -0.493 e. The van der Waals surface area contributed by atoms with E-state index in [2.05, 4.69) is 0 Å². The summed E-state index contributed by atoms with van der Waals surface area (Å²) in [6, 6.07) is 8.72. The van der Waals surface area contributed by atoms with Gasteiger partial charge in [0.25, 0.3) is 5.91 Å². The van der Waals surface area contributed by atoms with Crippen molar-refractivity contribution in [1.29, 1.82) is 0 Å². The van der Waals surface area contributed by atoms with Gasteiger partial charge in [-0.1, -0.05) is 18.2 Å². The molecule has 2 aromatic rings. The third-order valence-electron chi connectivity index (χ3n) is 7.31. The smallest absolute Gasteiger partial charge is 0.254 e. The lowest BCUT2D eigenvalue weighted by atomic mass is 9.78. The highest BCUT2D eigenvalue weighted by molar-refractivity contribution is 6.02. The molecule has 2 amide bonds. The molecule has 0 N–H and O–H groups in total. The molecule has 2 fully saturated rings. The number of methoxy groups -OCH3 is 2. The van der Waals surface area contributed by atoms with Gasteiger partial charge in [-0.15, -0.1) is 0 Å². The van der Waals surface area contributed by atoms with Gasteiger partial charge in [0, 0.05) is 44.1 Å². The number of likely N-dealkylation sites (N-methyl/N-ethyl adjacent to an activating group) is 1. The van der Waals surface area contributed by atoms with Gasteiger partial charge in [-0.2, -0.15) is 0 Å². The van der Waals surface area contributed by atoms with E-state index in [1.807, 2.05) is 0 Å². The number of amides is 2. The largest absolute Gasteiger partial charge is 0.493 e. The Kier molecular flexibility index (Phi) is 6.14. The summed E-state index contributed by atoms with van der Waals surface area (Å²) in [5.74, 6) is -1.64. The van der Waals surface area contributed by atoms with E-state index in [0.29, 0.717) is 61.8 Å². The standard InChI is InChI=1S/C26H29FN2O6/c1-28-23(16-6-4-5-7-19(16)27)22(17-14-20(32-2)21(33-3)15-18(17)24(28)30)25(31)29-10-8-26(9-11-29)34-12-13-35-26/h4-7,14-15,22-23H,8-13H2,1-3H3/t22-,23+/m0/s1. The summed E-state index contributed by atoms with van der Waals surface area (Å²) in [6.07, 6.45) is 1.12. The van der Waals surface area contributed by atoms with Crippen LogP contribution >= 0.6 is 0 Å². The van der Waals surface area contributed by atoms with E-state index in [1.54, 1.807) is 42.3 Å². The number of nitrogens with zero attached hydrogens (tertiary/aromatic N) is 2. The number of benzene rings is 2. The molecule has 0 radical (unpaired) electrons. The van der Waals surface area contributed by atoms with Crippen molar-refractivity contribution in [3.05, 3.63) is 58.9 Å². The van der Waals surface area contributed by atoms with E-state index in [9.17, 15) is 9.59 Å². The topological polar surface area (TPSA) is 77.5 Å². The fourth-order valence-electron chi connectivity index (χ4n) is 5.47. The molecule has 1 spiro atoms. The van der Waals surface area contributed by atoms with Crippen LogP contribution in [-0.2, 0) is 14.3 Å². The predicted octanol–water partition coefficient (Wildman–Crippen LogP) is 3.12. The lowest BCUT2D eigenvalue weighted by Crippen LogP contribution is -2.52. The molecule has 0 aliphatic carbocycles. The van der Waals surface area contributed by atoms with E-state index in [-0.39, 0.29) is 17.4 Å². The summed E-state index contributed by atoms with van der Waals surface area (Å²) in [5, 5.41) is 0. The average molecular weight is 485 g/mol. The predicted molar refractivity (Wildman–Crippen MR) is 124 cm³/mol. The van der Waals surface area contributed by atoms with Crippen LogP contribution in [0.2, 0.25) is 0 Å². The number of carbonyl (C=O) groups excluding carboxylic acids is 2. The number of likely N-dealkylation sites (tertiary alicyclic amines) is 1. The average Bonchev–Trinajstić information content (AvgIpc) is 3.33. The van der Waals surface area contributed by atoms with Gasteiger partial charge in [0.05, 0.1) is 39.4 Å². The molecule has 186 valence electrons. The molecule has 2 aromatic carbocycles. The van der Waals surface area contributed by atoms with Crippen LogP contribution in [0.4, 0.5) is 4.39 Å². The number of rotatable bonds is 4. The normalized spacial score (nSPS) is 23.4. The van der Waals surface area contributed by atoms with Crippen molar-refractivity contribution in [3.8, 4) is 11.5 Å². The van der Waals surface area contributed by atoms with Crippen LogP contribution in [0.5, 0.6) is 11.5 Å². The highest BCUT2D eigenvalue weighted by atomic mass is 19.1. The summed E-state index contributed by atoms with van der Waals surface area (Å²) in [4.78, 5) is 30.8. The first-order chi connectivity index (χ1) is 16.9. The molecule has 2 saturated heterocycles. The third-order valence-corrected chi connectivity index (χ3v) is 7.31. The lowest BCUT2D eigenvalue weighted by Gasteiger charge is -2.44. The van der Waals surface area contributed by atoms with Crippen LogP contribution in [-0.4, -0.2) is 75.0 Å². The lowest BCUT2D eigenvalue weighted by molar-refractivity contribution is -0.188. The van der Waals surface area contributed by atoms with Crippen LogP contribution in [0.15, 0.2) is 36.4 Å². The van der Waals surface area contributed by atoms with E-state index in [0.717, 1.165) is 0 Å². The first-order valence-corrected chi connectivity index (χ1v) is 11.7. The van der Waals surface area contributed by atoms with E-state index in [4.69, 9.17) is 18.9 Å². The molecule has 3 heterocycles. The highest BCUT2D eigenvalue weighted by Gasteiger charge is 2.48. The summed E-state index contributed by atoms with van der Waals surface area (Å²) >= 11 is 0. The number of halogens is 1. The maximum absolute atomic E-state index is 15.1. The minimum absolute atomic E-state index is 0.182. The molecule has 8 nitrogen and oxygen atoms in total. The van der Waals surface area contributed by atoms with Gasteiger partial charge in [0.15, 0.2) is 17.3 Å². The zero-order valence-electron chi connectivity index (χ0n) is 20.1. The zero-order valence-corrected chi connectivity index (χ0v) is 20.1. The van der Waals surface area contributed by atoms with Crippen molar-refractivity contribution in [2.45, 2.75) is 30.6 Å². The first kappa shape index (κ1) is 23.6. The van der Waals surface area contributed by atoms with Gasteiger partial charge < -0.3 is 28.7 Å². The van der Waals surface area contributed by atoms with Crippen molar-refractivity contribution in [2.24, 2.45) is 0 Å². The fourth-order valence-corrected chi connectivity index (χ4v) is 5.47. The second-order valence-electron chi connectivity index (χ2n) is 9.09. The fraction of sp³-hybridized carbons (Fsp3) is 0.462. The molecule has 2 atom stereocenters. The van der Waals surface area contributed by atoms with Gasteiger partial charge >= 0.3 is 0 Å². The summed E-state index contributed by atoms with van der Waals surface area (Å²) in [7, 11) is 4.59. The van der Waals surface area contributed by atoms with Crippen molar-refractivity contribution >= 4 is 11.8 Å². The SMILES string of the molecule is COc1cc2c(cc1OC)[C@H](C(=O)N1CCC3(CC1)OCCO3)[C@@H](c1ccccc1F)N(C)C2=O. The molecule has 3 aliphatic rings. The number of piperidine rings is 1. The Balaban J connectivity index is 1.59. The Hall–Kier alpha value is -3.17. The highest BCUT2D eigenvalue weighted by Crippen LogP contribution is 2.47. The summed E-state index contributed by atoms with van der Waals surface area (Å²) in [6.45, 7) is 1.99. The maximum atomic E-state index is 15.1. The molecule has 0 bridgehead atoms. The molecular formula is C26H29FN2O6. The second kappa shape index (κ2) is 9.13. The Morgan fingerprint density at radius 3 is 2.29 bits per heavy atom. The number of carbonyl (C=O) groups is 2. The van der Waals surface area contributed by atoms with E-state index < -0.39 is 23.6 Å². The number of hydrogen-bond donors (Lipinski definition) is 0. The molecular weight excluding hydrogens is 455 g/mol. The van der Waals surface area contributed by atoms with Gasteiger partial charge in [-0.25, -0.2) is 4.39 Å². The number of hydrogen-bond acceptors (Lipinski definition) is 6. The van der Waals surface area contributed by atoms with Gasteiger partial charge in [0.2, 0.25) is 5.91 Å². The van der Waals surface area contributed by atoms with Crippen LogP contribution in [0.3, 0.4) is 0 Å². The van der Waals surface area contributed by atoms with Gasteiger partial charge in [-0.05, 0) is 23.8 Å². The van der Waals surface area contributed by atoms with Gasteiger partial charge in [-0.3, -0.25) is 9.59 Å². The van der Waals surface area contributed by atoms with Crippen molar-refractivity contribution in [1.82, 2.24) is 9.80 Å². The second-order valence-corrected chi connectivity index (χ2v) is 9.09. The monoisotopic (exact) mass is 484 g/mol. The quantitative estimate of drug-likeness (QED) is 0.664. The molecule has 0 aromatic heterocycles. The van der Waals surface area contributed by atoms with Crippen LogP contribution in [0, 0.1) is 5.82 Å². The van der Waals surface area contributed by atoms with Crippen LogP contribution in [0.25, 0.3) is 0 Å². The molecule has 0 unspecified atom stereocenters. The Morgan fingerprint density at radius 2 is 1.66 bits per heavy atom. The van der Waals surface area contributed by atoms with Crippen molar-refractivity contribution < 1.29 is 32.9 Å². The van der Waals surface area contributed by atoms with Crippen LogP contribution in [0.1, 0.15) is 46.3 Å². The third kappa shape index (κ3) is 3.92. The number of ether oxygens (including phenoxy) is 4. The molecule has 5 rings (SSSR count). The number of fused-ring (bicyclic) bond motifs is 1. The summed E-state index contributed by atoms with van der Waals surface area (Å²) in [5.41, 5.74) is 1.13. The van der Waals surface area contributed by atoms with Crippen LogP contribution < -0.4 is 9.47 Å².